The summed E-state index contributed by atoms with van der Waals surface area (Å²) >= 11 is 0. The minimum atomic E-state index is -0.324. The molecule has 0 fully saturated rings. The van der Waals surface area contributed by atoms with Gasteiger partial charge in [-0.1, -0.05) is 5.10 Å². The lowest BCUT2D eigenvalue weighted by atomic mass is 11.1. The summed E-state index contributed by atoms with van der Waals surface area (Å²) in [5.74, 6) is -0.263. The lowest BCUT2D eigenvalue weighted by Crippen LogP contribution is -2.13. The second-order valence-corrected chi connectivity index (χ2v) is 0.868. The van der Waals surface area contributed by atoms with Crippen molar-refractivity contribution >= 4 is 5.95 Å². The molecular formula is CH4N6. The van der Waals surface area contributed by atoms with Gasteiger partial charge in [0.2, 0.25) is 0 Å². The van der Waals surface area contributed by atoms with Gasteiger partial charge in [0, 0.05) is 0 Å². The molecule has 0 spiro atoms. The van der Waals surface area contributed by atoms with Crippen LogP contribution >= 0.6 is 0 Å². The highest BCUT2D eigenvalue weighted by atomic mass is 15.7. The zero-order valence-corrected chi connectivity index (χ0v) is 3.18. The maximum Gasteiger partial charge on any atom is 0.260 e. The molecule has 0 aromatic carbocycles. The molecule has 0 radical (unpaired) electrons. The summed E-state index contributed by atoms with van der Waals surface area (Å²) in [4.78, 5) is 0.569. The predicted molar refractivity (Wildman–Crippen MR) is 22.4 cm³/mol. The van der Waals surface area contributed by atoms with Gasteiger partial charge in [0.05, 0.1) is 0 Å². The first kappa shape index (κ1) is 1.32. The van der Waals surface area contributed by atoms with Crippen molar-refractivity contribution in [2.24, 2.45) is 0 Å². The standard InChI is InChI=1S/CH4N6/c2-1-4-5-6-7(1)3/h3H2,(H2,2,4,6)/i/hD4. The third-order valence-electron chi connectivity index (χ3n) is 0.438. The Kier molecular flexibility index (Phi) is 0.202. The Morgan fingerprint density at radius 2 is 2.86 bits per heavy atom. The van der Waals surface area contributed by atoms with Gasteiger partial charge in [-0.25, -0.2) is 0 Å². The average molecular weight is 104 g/mol. The van der Waals surface area contributed by atoms with Crippen molar-refractivity contribution in [3.63, 3.8) is 0 Å². The van der Waals surface area contributed by atoms with Crippen LogP contribution in [0.5, 0.6) is 0 Å². The first-order valence-corrected chi connectivity index (χ1v) is 1.47. The molecule has 1 aromatic rings. The molecule has 1 rings (SSSR count). The second-order valence-electron chi connectivity index (χ2n) is 0.868. The zero-order chi connectivity index (χ0) is 8.43. The number of aromatic nitrogens is 4. The fourth-order valence-electron chi connectivity index (χ4n) is 0.178. The van der Waals surface area contributed by atoms with Crippen LogP contribution < -0.4 is 11.5 Å². The van der Waals surface area contributed by atoms with Gasteiger partial charge >= 0.3 is 0 Å². The van der Waals surface area contributed by atoms with Crippen LogP contribution in [0.2, 0.25) is 5.65 Å². The van der Waals surface area contributed by atoms with E-state index in [1.54, 1.807) is 0 Å². The smallest absolute Gasteiger partial charge is 0.260 e. The Morgan fingerprint density at radius 1 is 1.86 bits per heavy atom. The van der Waals surface area contributed by atoms with Crippen LogP contribution in [0, 0.1) is 0 Å². The molecular weight excluding hydrogens is 96.1 g/mol. The number of nitrogens with two attached hydrogens (primary N) is 2. The minimum absolute atomic E-state index is 0.0609. The zero-order valence-electron chi connectivity index (χ0n) is 7.18. The molecule has 0 aliphatic rings. The maximum absolute atomic E-state index is 6.71. The highest BCUT2D eigenvalue weighted by Gasteiger charge is 1.89. The molecule has 0 saturated heterocycles. The van der Waals surface area contributed by atoms with Crippen LogP contribution in [0.4, 0.5) is 5.95 Å². The minimum Gasteiger partial charge on any atom is -0.365 e. The molecule has 0 aliphatic heterocycles. The molecule has 6 nitrogen and oxygen atoms in total. The van der Waals surface area contributed by atoms with Gasteiger partial charge in [-0.05, 0) is 10.4 Å². The number of anilines is 1. The van der Waals surface area contributed by atoms with E-state index in [0.717, 1.165) is 0 Å². The largest absolute Gasteiger partial charge is 0.365 e. The van der Waals surface area contributed by atoms with E-state index in [9.17, 15) is 0 Å². The summed E-state index contributed by atoms with van der Waals surface area (Å²) in [5, 5.41) is 9.43. The number of rotatable bonds is 2. The Balaban J connectivity index is 2.96. The third kappa shape index (κ3) is 0.443. The number of hydrogen-bond donors (Lipinski definition) is 2. The molecule has 1 aromatic heterocycles. The van der Waals surface area contributed by atoms with E-state index < -0.39 is 0 Å². The summed E-state index contributed by atoms with van der Waals surface area (Å²) in [6.45, 7) is 0. The van der Waals surface area contributed by atoms with Crippen molar-refractivity contribution in [2.75, 3.05) is 11.5 Å². The van der Waals surface area contributed by atoms with Crippen LogP contribution in [0.25, 0.3) is 0 Å². The molecule has 0 aliphatic carbocycles. The Morgan fingerprint density at radius 3 is 3.43 bits per heavy atom. The summed E-state index contributed by atoms with van der Waals surface area (Å²) in [5.41, 5.74) is 0.107. The van der Waals surface area contributed by atoms with Crippen molar-refractivity contribution < 1.29 is 5.65 Å². The van der Waals surface area contributed by atoms with Crippen LogP contribution in [-0.4, -0.2) is 20.3 Å². The van der Waals surface area contributed by atoms with Gasteiger partial charge < -0.3 is 11.5 Å². The van der Waals surface area contributed by atoms with Crippen LogP contribution in [0.15, 0.2) is 0 Å². The molecule has 0 saturated carbocycles. The van der Waals surface area contributed by atoms with Crippen molar-refractivity contribution in [2.45, 2.75) is 0 Å². The topological polar surface area (TPSA) is 95.6 Å². The molecule has 7 heavy (non-hydrogen) atoms. The summed E-state index contributed by atoms with van der Waals surface area (Å²) < 4.78 is 26.8. The molecule has 0 bridgehead atoms. The summed E-state index contributed by atoms with van der Waals surface area (Å²) in [7, 11) is 0. The predicted octanol–water partition coefficient (Wildman–Crippen LogP) is -2.03. The Hall–Kier alpha value is -1.33. The second kappa shape index (κ2) is 1.07. The monoisotopic (exact) mass is 104 g/mol. The lowest BCUT2D eigenvalue weighted by Gasteiger charge is -1.82. The molecule has 0 unspecified atom stereocenters. The van der Waals surface area contributed by atoms with Crippen LogP contribution in [-0.2, 0) is 0 Å². The number of tetrazole rings is 1. The van der Waals surface area contributed by atoms with Gasteiger partial charge in [0.25, 0.3) is 5.95 Å². The number of nitrogen functional groups attached to an aromatic ring is 2. The molecule has 4 N–H and O–H groups in total. The molecule has 0 atom stereocenters. The molecule has 6 heteroatoms. The van der Waals surface area contributed by atoms with E-state index in [1.807, 2.05) is 0 Å². The summed E-state index contributed by atoms with van der Waals surface area (Å²) in [6.07, 6.45) is 0. The van der Waals surface area contributed by atoms with E-state index >= 15 is 0 Å². The van der Waals surface area contributed by atoms with E-state index in [-0.39, 0.29) is 17.5 Å². The lowest BCUT2D eigenvalue weighted by molar-refractivity contribution is 0.761. The first-order valence-electron chi connectivity index (χ1n) is 3.26. The van der Waals surface area contributed by atoms with Gasteiger partial charge in [-0.15, -0.1) is 4.79 Å². The van der Waals surface area contributed by atoms with Gasteiger partial charge in [-0.2, -0.15) is 0 Å². The van der Waals surface area contributed by atoms with E-state index in [0.29, 0.717) is 4.79 Å². The normalized spacial score (nSPS) is 16.0. The quantitative estimate of drug-likeness (QED) is 0.422. The third-order valence-corrected chi connectivity index (χ3v) is 0.438. The van der Waals surface area contributed by atoms with Gasteiger partial charge in [0.15, 0.2) is 5.65 Å². The average Bonchev–Trinajstić information content (AvgIpc) is 2.32. The van der Waals surface area contributed by atoms with E-state index in [2.05, 4.69) is 15.5 Å². The van der Waals surface area contributed by atoms with E-state index in [4.69, 9.17) is 5.65 Å². The fraction of sp³-hybridized carbons (Fsp3) is 0. The summed E-state index contributed by atoms with van der Waals surface area (Å²) in [6, 6.07) is 0. The van der Waals surface area contributed by atoms with Crippen LogP contribution in [0.1, 0.15) is 0 Å². The Bertz CT molecular complexity index is 208. The van der Waals surface area contributed by atoms with Gasteiger partial charge in [-0.3, -0.25) is 0 Å². The van der Waals surface area contributed by atoms with Crippen molar-refractivity contribution in [3.8, 4) is 0 Å². The number of hydrogen-bond acceptors (Lipinski definition) is 5. The highest BCUT2D eigenvalue weighted by molar-refractivity contribution is 5.09. The Labute approximate surface area is 44.9 Å². The molecule has 1 heterocycles. The number of nitrogens with zero attached hydrogens (tertiary/aromatic N) is 4. The van der Waals surface area contributed by atoms with Gasteiger partial charge in [0.1, 0.15) is 0 Å². The van der Waals surface area contributed by atoms with Crippen molar-refractivity contribution in [1.29, 1.82) is 0 Å². The first-order chi connectivity index (χ1) is 5.13. The van der Waals surface area contributed by atoms with Crippen LogP contribution in [0.3, 0.4) is 0 Å². The highest BCUT2D eigenvalue weighted by Crippen LogP contribution is 1.78. The SMILES string of the molecule is [2H]N([2H])c1nnnn1N([2H])[2H]. The molecule has 38 valence electrons. The van der Waals surface area contributed by atoms with Crippen molar-refractivity contribution in [3.05, 3.63) is 0 Å². The fourth-order valence-corrected chi connectivity index (χ4v) is 0.178. The maximum atomic E-state index is 6.71. The van der Waals surface area contributed by atoms with E-state index in [1.165, 1.54) is 0 Å². The molecule has 0 amide bonds. The van der Waals surface area contributed by atoms with Crippen molar-refractivity contribution in [1.82, 2.24) is 20.3 Å².